The molecule has 4 nitrogen and oxygen atoms in total. The third kappa shape index (κ3) is 3.35. The number of benzene rings is 1. The Morgan fingerprint density at radius 1 is 1.25 bits per heavy atom. The van der Waals surface area contributed by atoms with Crippen LogP contribution in [-0.4, -0.2) is 20.8 Å². The van der Waals surface area contributed by atoms with E-state index in [2.05, 4.69) is 11.4 Å². The first-order valence-electron chi connectivity index (χ1n) is 5.06. The molecule has 16 heavy (non-hydrogen) atoms. The molecule has 0 bridgehead atoms. The molecular weight excluding hydrogens is 204 g/mol. The molecule has 0 heterocycles. The number of anilines is 1. The van der Waals surface area contributed by atoms with Crippen molar-refractivity contribution in [3.63, 3.8) is 0 Å². The molecule has 0 spiro atoms. The van der Waals surface area contributed by atoms with Crippen LogP contribution in [0.4, 0.5) is 5.69 Å². The van der Waals surface area contributed by atoms with Crippen molar-refractivity contribution >= 4 is 5.69 Å². The Morgan fingerprint density at radius 2 is 1.81 bits per heavy atom. The van der Waals surface area contributed by atoms with E-state index in [9.17, 15) is 0 Å². The van der Waals surface area contributed by atoms with E-state index in [1.807, 2.05) is 19.1 Å². The van der Waals surface area contributed by atoms with Gasteiger partial charge in [0.2, 0.25) is 0 Å². The first kappa shape index (κ1) is 12.2. The Labute approximate surface area is 95.8 Å². The van der Waals surface area contributed by atoms with E-state index < -0.39 is 0 Å². The Balaban J connectivity index is 2.75. The van der Waals surface area contributed by atoms with E-state index in [1.165, 1.54) is 0 Å². The minimum absolute atomic E-state index is 0.0304. The van der Waals surface area contributed by atoms with Crippen LogP contribution in [0.3, 0.4) is 0 Å². The Kier molecular flexibility index (Phi) is 4.46. The van der Waals surface area contributed by atoms with Crippen LogP contribution in [0.1, 0.15) is 6.92 Å². The van der Waals surface area contributed by atoms with Gasteiger partial charge in [-0.05, 0) is 6.92 Å². The van der Waals surface area contributed by atoms with Gasteiger partial charge in [0.1, 0.15) is 11.5 Å². The van der Waals surface area contributed by atoms with Crippen LogP contribution in [0.25, 0.3) is 0 Å². The molecule has 4 heteroatoms. The van der Waals surface area contributed by atoms with Crippen molar-refractivity contribution in [1.29, 1.82) is 5.26 Å². The van der Waals surface area contributed by atoms with Gasteiger partial charge in [0.05, 0.1) is 26.2 Å². The standard InChI is InChI=1S/C12H16N2O2/c1-9(7-13)8-14-10-4-11(15-2)6-12(5-10)16-3/h4-6,9,14H,8H2,1-3H3. The summed E-state index contributed by atoms with van der Waals surface area (Å²) in [6, 6.07) is 7.71. The van der Waals surface area contributed by atoms with Crippen LogP contribution in [0.5, 0.6) is 11.5 Å². The molecule has 0 aliphatic heterocycles. The minimum atomic E-state index is -0.0304. The van der Waals surface area contributed by atoms with Gasteiger partial charge < -0.3 is 14.8 Å². The average molecular weight is 220 g/mol. The molecule has 1 atom stereocenters. The van der Waals surface area contributed by atoms with Gasteiger partial charge in [-0.15, -0.1) is 0 Å². The first-order valence-corrected chi connectivity index (χ1v) is 5.06. The van der Waals surface area contributed by atoms with Crippen molar-refractivity contribution in [2.24, 2.45) is 5.92 Å². The predicted octanol–water partition coefficient (Wildman–Crippen LogP) is 2.28. The molecule has 0 saturated carbocycles. The van der Waals surface area contributed by atoms with Crippen LogP contribution in [-0.2, 0) is 0 Å². The number of hydrogen-bond acceptors (Lipinski definition) is 4. The van der Waals surface area contributed by atoms with Gasteiger partial charge in [-0.25, -0.2) is 0 Å². The van der Waals surface area contributed by atoms with Gasteiger partial charge in [-0.3, -0.25) is 0 Å². The summed E-state index contributed by atoms with van der Waals surface area (Å²) in [5.41, 5.74) is 0.887. The fourth-order valence-corrected chi connectivity index (χ4v) is 1.23. The van der Waals surface area contributed by atoms with Crippen molar-refractivity contribution in [2.75, 3.05) is 26.1 Å². The van der Waals surface area contributed by atoms with E-state index in [0.717, 1.165) is 17.2 Å². The summed E-state index contributed by atoms with van der Waals surface area (Å²) in [6.45, 7) is 2.47. The summed E-state index contributed by atoms with van der Waals surface area (Å²) >= 11 is 0. The highest BCUT2D eigenvalue weighted by Gasteiger charge is 2.03. The fraction of sp³-hybridized carbons (Fsp3) is 0.417. The highest BCUT2D eigenvalue weighted by molar-refractivity contribution is 5.53. The lowest BCUT2D eigenvalue weighted by atomic mass is 10.2. The molecule has 0 amide bonds. The molecule has 1 unspecified atom stereocenters. The van der Waals surface area contributed by atoms with Crippen LogP contribution < -0.4 is 14.8 Å². The van der Waals surface area contributed by atoms with Crippen molar-refractivity contribution in [3.05, 3.63) is 18.2 Å². The van der Waals surface area contributed by atoms with Crippen molar-refractivity contribution < 1.29 is 9.47 Å². The van der Waals surface area contributed by atoms with E-state index in [0.29, 0.717) is 6.54 Å². The summed E-state index contributed by atoms with van der Waals surface area (Å²) < 4.78 is 10.3. The van der Waals surface area contributed by atoms with Crippen molar-refractivity contribution in [2.45, 2.75) is 6.92 Å². The maximum atomic E-state index is 8.67. The largest absolute Gasteiger partial charge is 0.497 e. The third-order valence-corrected chi connectivity index (χ3v) is 2.18. The molecule has 1 aromatic carbocycles. The Bertz CT molecular complexity index is 363. The van der Waals surface area contributed by atoms with Gasteiger partial charge in [0, 0.05) is 30.4 Å². The van der Waals surface area contributed by atoms with Gasteiger partial charge in [0.25, 0.3) is 0 Å². The normalized spacial score (nSPS) is 11.4. The molecule has 1 rings (SSSR count). The maximum Gasteiger partial charge on any atom is 0.124 e. The Morgan fingerprint density at radius 3 is 2.25 bits per heavy atom. The average Bonchev–Trinajstić information content (AvgIpc) is 2.35. The second-order valence-corrected chi connectivity index (χ2v) is 3.51. The number of nitriles is 1. The zero-order valence-corrected chi connectivity index (χ0v) is 9.78. The second kappa shape index (κ2) is 5.86. The molecule has 0 radical (unpaired) electrons. The third-order valence-electron chi connectivity index (χ3n) is 2.18. The fourth-order valence-electron chi connectivity index (χ4n) is 1.23. The van der Waals surface area contributed by atoms with Crippen LogP contribution in [0.15, 0.2) is 18.2 Å². The molecule has 1 N–H and O–H groups in total. The van der Waals surface area contributed by atoms with Crippen molar-refractivity contribution in [3.8, 4) is 17.6 Å². The van der Waals surface area contributed by atoms with Gasteiger partial charge in [-0.2, -0.15) is 5.26 Å². The highest BCUT2D eigenvalue weighted by Crippen LogP contribution is 2.25. The molecule has 1 aromatic rings. The number of rotatable bonds is 5. The topological polar surface area (TPSA) is 54.3 Å². The van der Waals surface area contributed by atoms with E-state index >= 15 is 0 Å². The monoisotopic (exact) mass is 220 g/mol. The summed E-state index contributed by atoms with van der Waals surface area (Å²) in [6.07, 6.45) is 0. The summed E-state index contributed by atoms with van der Waals surface area (Å²) in [5.74, 6) is 1.43. The highest BCUT2D eigenvalue weighted by atomic mass is 16.5. The summed E-state index contributed by atoms with van der Waals surface area (Å²) in [5, 5.41) is 11.8. The van der Waals surface area contributed by atoms with Gasteiger partial charge in [0.15, 0.2) is 0 Å². The minimum Gasteiger partial charge on any atom is -0.497 e. The molecule has 0 aromatic heterocycles. The quantitative estimate of drug-likeness (QED) is 0.827. The number of hydrogen-bond donors (Lipinski definition) is 1. The zero-order valence-electron chi connectivity index (χ0n) is 9.78. The number of nitrogens with zero attached hydrogens (tertiary/aromatic N) is 1. The number of methoxy groups -OCH3 is 2. The summed E-state index contributed by atoms with van der Waals surface area (Å²) in [4.78, 5) is 0. The molecule has 0 saturated heterocycles. The van der Waals surface area contributed by atoms with E-state index in [4.69, 9.17) is 14.7 Å². The predicted molar refractivity (Wildman–Crippen MR) is 62.8 cm³/mol. The van der Waals surface area contributed by atoms with Gasteiger partial charge in [-0.1, -0.05) is 0 Å². The maximum absolute atomic E-state index is 8.67. The second-order valence-electron chi connectivity index (χ2n) is 3.51. The molecule has 0 aliphatic carbocycles. The SMILES string of the molecule is COc1cc(NCC(C)C#N)cc(OC)c1. The molecule has 0 aliphatic rings. The van der Waals surface area contributed by atoms with E-state index in [1.54, 1.807) is 20.3 Å². The smallest absolute Gasteiger partial charge is 0.124 e. The van der Waals surface area contributed by atoms with Crippen LogP contribution in [0.2, 0.25) is 0 Å². The lowest BCUT2D eigenvalue weighted by molar-refractivity contribution is 0.394. The van der Waals surface area contributed by atoms with Gasteiger partial charge >= 0.3 is 0 Å². The Hall–Kier alpha value is -1.89. The van der Waals surface area contributed by atoms with E-state index in [-0.39, 0.29) is 5.92 Å². The first-order chi connectivity index (χ1) is 7.69. The molecule has 0 fully saturated rings. The number of ether oxygens (including phenoxy) is 2. The van der Waals surface area contributed by atoms with Crippen LogP contribution >= 0.6 is 0 Å². The lowest BCUT2D eigenvalue weighted by Gasteiger charge is -2.11. The summed E-state index contributed by atoms with van der Waals surface area (Å²) in [7, 11) is 3.22. The zero-order chi connectivity index (χ0) is 12.0. The number of nitrogens with one attached hydrogen (secondary N) is 1. The lowest BCUT2D eigenvalue weighted by Crippen LogP contribution is -2.09. The van der Waals surface area contributed by atoms with Crippen LogP contribution in [0, 0.1) is 17.2 Å². The molecular formula is C12H16N2O2. The van der Waals surface area contributed by atoms with Crippen molar-refractivity contribution in [1.82, 2.24) is 0 Å². The molecule has 86 valence electrons.